The van der Waals surface area contributed by atoms with Gasteiger partial charge in [0.05, 0.1) is 16.9 Å². The number of nitrogens with two attached hydrogens (primary N) is 1. The molecular weight excluding hydrogens is 252 g/mol. The summed E-state index contributed by atoms with van der Waals surface area (Å²) in [7, 11) is 0. The smallest absolute Gasteiger partial charge is 0.275 e. The van der Waals surface area contributed by atoms with Gasteiger partial charge in [0, 0.05) is 6.20 Å². The fourth-order valence-corrected chi connectivity index (χ4v) is 1.52. The van der Waals surface area contributed by atoms with Gasteiger partial charge in [-0.05, 0) is 30.7 Å². The molecule has 0 aliphatic carbocycles. The summed E-state index contributed by atoms with van der Waals surface area (Å²) in [6.07, 6.45) is 2.90. The van der Waals surface area contributed by atoms with Crippen molar-refractivity contribution in [3.8, 4) is 0 Å². The van der Waals surface area contributed by atoms with Gasteiger partial charge < -0.3 is 11.1 Å². The van der Waals surface area contributed by atoms with E-state index in [-0.39, 0.29) is 11.6 Å². The summed E-state index contributed by atoms with van der Waals surface area (Å²) < 4.78 is 0. The number of aryl methyl sites for hydroxylation is 1. The van der Waals surface area contributed by atoms with E-state index >= 15 is 0 Å². The molecule has 6 heteroatoms. The molecule has 0 unspecified atom stereocenters. The molecule has 0 bridgehead atoms. The molecule has 5 nitrogen and oxygen atoms in total. The molecule has 0 fully saturated rings. The van der Waals surface area contributed by atoms with Crippen molar-refractivity contribution in [2.75, 3.05) is 11.1 Å². The van der Waals surface area contributed by atoms with Crippen LogP contribution in [0.1, 0.15) is 16.1 Å². The van der Waals surface area contributed by atoms with Gasteiger partial charge in [0.25, 0.3) is 5.91 Å². The summed E-state index contributed by atoms with van der Waals surface area (Å²) in [4.78, 5) is 19.8. The van der Waals surface area contributed by atoms with E-state index in [0.29, 0.717) is 16.5 Å². The van der Waals surface area contributed by atoms with Crippen molar-refractivity contribution < 1.29 is 4.79 Å². The molecule has 2 rings (SSSR count). The third-order valence-electron chi connectivity index (χ3n) is 2.29. The number of hydrogen-bond donors (Lipinski definition) is 2. The highest BCUT2D eigenvalue weighted by Gasteiger charge is 2.09. The van der Waals surface area contributed by atoms with Crippen LogP contribution in [-0.4, -0.2) is 15.9 Å². The zero-order valence-electron chi connectivity index (χ0n) is 9.64. The summed E-state index contributed by atoms with van der Waals surface area (Å²) in [6, 6.07) is 4.88. The van der Waals surface area contributed by atoms with Crippen LogP contribution in [0.25, 0.3) is 0 Å². The highest BCUT2D eigenvalue weighted by atomic mass is 35.5. The lowest BCUT2D eigenvalue weighted by Gasteiger charge is -2.07. The largest absolute Gasteiger partial charge is 0.397 e. The van der Waals surface area contributed by atoms with Gasteiger partial charge >= 0.3 is 0 Å². The lowest BCUT2D eigenvalue weighted by Crippen LogP contribution is -2.15. The Morgan fingerprint density at radius 3 is 2.72 bits per heavy atom. The normalized spacial score (nSPS) is 10.1. The lowest BCUT2D eigenvalue weighted by atomic mass is 10.2. The summed E-state index contributed by atoms with van der Waals surface area (Å²) in [5.41, 5.74) is 7.20. The van der Waals surface area contributed by atoms with Crippen molar-refractivity contribution >= 4 is 29.0 Å². The van der Waals surface area contributed by atoms with E-state index in [2.05, 4.69) is 15.3 Å². The molecule has 0 aromatic carbocycles. The minimum absolute atomic E-state index is 0.275. The average molecular weight is 263 g/mol. The van der Waals surface area contributed by atoms with E-state index in [0.717, 1.165) is 5.56 Å². The molecular formula is C12H11ClN4O. The van der Waals surface area contributed by atoms with E-state index in [4.69, 9.17) is 17.3 Å². The number of pyridine rings is 2. The van der Waals surface area contributed by atoms with Crippen LogP contribution in [0.15, 0.2) is 30.6 Å². The Morgan fingerprint density at radius 2 is 2.11 bits per heavy atom. The summed E-state index contributed by atoms with van der Waals surface area (Å²) in [5.74, 6) is 0.123. The predicted octanol–water partition coefficient (Wildman–Crippen LogP) is 2.27. The highest BCUT2D eigenvalue weighted by molar-refractivity contribution is 6.30. The zero-order valence-corrected chi connectivity index (χ0v) is 10.4. The number of hydrogen-bond acceptors (Lipinski definition) is 4. The molecule has 2 heterocycles. The second kappa shape index (κ2) is 5.01. The monoisotopic (exact) mass is 262 g/mol. The van der Waals surface area contributed by atoms with Gasteiger partial charge in [0.2, 0.25) is 0 Å². The number of rotatable bonds is 2. The maximum Gasteiger partial charge on any atom is 0.275 e. The first kappa shape index (κ1) is 12.3. The maximum atomic E-state index is 11.9. The number of carbonyl (C=O) groups excluding carboxylic acids is 1. The second-order valence-corrected chi connectivity index (χ2v) is 4.19. The van der Waals surface area contributed by atoms with Crippen molar-refractivity contribution in [2.45, 2.75) is 6.92 Å². The standard InChI is InChI=1S/C12H11ClN4O/c1-7-4-9(14)6-16-11(7)17-12(18)10-3-2-8(13)5-15-10/h2-6H,14H2,1H3,(H,16,17,18). The Hall–Kier alpha value is -2.14. The number of amides is 1. The average Bonchev–Trinajstić information content (AvgIpc) is 2.33. The second-order valence-electron chi connectivity index (χ2n) is 3.75. The Bertz CT molecular complexity index is 583. The molecule has 0 saturated carbocycles. The van der Waals surface area contributed by atoms with Crippen LogP contribution in [-0.2, 0) is 0 Å². The van der Waals surface area contributed by atoms with E-state index in [1.165, 1.54) is 12.4 Å². The van der Waals surface area contributed by atoms with E-state index < -0.39 is 0 Å². The summed E-state index contributed by atoms with van der Waals surface area (Å²) in [6.45, 7) is 1.81. The Balaban J connectivity index is 2.18. The first-order chi connectivity index (χ1) is 8.56. The van der Waals surface area contributed by atoms with Gasteiger partial charge in [-0.1, -0.05) is 11.6 Å². The first-order valence-corrected chi connectivity index (χ1v) is 5.59. The van der Waals surface area contributed by atoms with Crippen LogP contribution in [0.2, 0.25) is 5.02 Å². The van der Waals surface area contributed by atoms with Crippen LogP contribution in [0.4, 0.5) is 11.5 Å². The number of aromatic nitrogens is 2. The van der Waals surface area contributed by atoms with Crippen molar-refractivity contribution in [3.63, 3.8) is 0 Å². The van der Waals surface area contributed by atoms with Gasteiger partial charge in [-0.2, -0.15) is 0 Å². The molecule has 18 heavy (non-hydrogen) atoms. The van der Waals surface area contributed by atoms with E-state index in [1.807, 2.05) is 6.92 Å². The summed E-state index contributed by atoms with van der Waals surface area (Å²) >= 11 is 5.70. The molecule has 3 N–H and O–H groups in total. The van der Waals surface area contributed by atoms with Crippen LogP contribution < -0.4 is 11.1 Å². The molecule has 0 aliphatic rings. The number of anilines is 2. The van der Waals surface area contributed by atoms with Crippen LogP contribution >= 0.6 is 11.6 Å². The Morgan fingerprint density at radius 1 is 1.33 bits per heavy atom. The Labute approximate surface area is 109 Å². The first-order valence-electron chi connectivity index (χ1n) is 5.21. The molecule has 0 aliphatic heterocycles. The van der Waals surface area contributed by atoms with Gasteiger partial charge in [-0.15, -0.1) is 0 Å². The lowest BCUT2D eigenvalue weighted by molar-refractivity contribution is 0.102. The van der Waals surface area contributed by atoms with Crippen LogP contribution in [0, 0.1) is 6.92 Å². The van der Waals surface area contributed by atoms with Crippen molar-refractivity contribution in [1.29, 1.82) is 0 Å². The van der Waals surface area contributed by atoms with Crippen molar-refractivity contribution in [1.82, 2.24) is 9.97 Å². The quantitative estimate of drug-likeness (QED) is 0.870. The third-order valence-corrected chi connectivity index (χ3v) is 2.51. The topological polar surface area (TPSA) is 80.9 Å². The fourth-order valence-electron chi connectivity index (χ4n) is 1.41. The molecule has 0 atom stereocenters. The van der Waals surface area contributed by atoms with Crippen LogP contribution in [0.5, 0.6) is 0 Å². The minimum Gasteiger partial charge on any atom is -0.397 e. The molecule has 92 valence electrons. The fraction of sp³-hybridized carbons (Fsp3) is 0.0833. The van der Waals surface area contributed by atoms with Crippen LogP contribution in [0.3, 0.4) is 0 Å². The molecule has 0 saturated heterocycles. The highest BCUT2D eigenvalue weighted by Crippen LogP contribution is 2.15. The zero-order chi connectivity index (χ0) is 13.1. The van der Waals surface area contributed by atoms with Gasteiger partial charge in [0.15, 0.2) is 0 Å². The maximum absolute atomic E-state index is 11.9. The van der Waals surface area contributed by atoms with Gasteiger partial charge in [-0.25, -0.2) is 9.97 Å². The molecule has 1 amide bonds. The molecule has 0 radical (unpaired) electrons. The molecule has 0 spiro atoms. The molecule has 2 aromatic heterocycles. The van der Waals surface area contributed by atoms with E-state index in [1.54, 1.807) is 18.2 Å². The minimum atomic E-state index is -0.341. The SMILES string of the molecule is Cc1cc(N)cnc1NC(=O)c1ccc(Cl)cn1. The number of nitrogens with zero attached hydrogens (tertiary/aromatic N) is 2. The number of nitrogen functional groups attached to an aromatic ring is 1. The van der Waals surface area contributed by atoms with Gasteiger partial charge in [0.1, 0.15) is 11.5 Å². The number of halogens is 1. The van der Waals surface area contributed by atoms with Crippen molar-refractivity contribution in [2.24, 2.45) is 0 Å². The number of nitrogens with one attached hydrogen (secondary N) is 1. The number of carbonyl (C=O) groups is 1. The summed E-state index contributed by atoms with van der Waals surface area (Å²) in [5, 5.41) is 3.14. The Kier molecular flexibility index (Phi) is 3.43. The predicted molar refractivity (Wildman–Crippen MR) is 70.6 cm³/mol. The third kappa shape index (κ3) is 2.75. The molecule has 2 aromatic rings. The van der Waals surface area contributed by atoms with Crippen molar-refractivity contribution in [3.05, 3.63) is 46.9 Å². The van der Waals surface area contributed by atoms with Gasteiger partial charge in [-0.3, -0.25) is 4.79 Å². The van der Waals surface area contributed by atoms with E-state index in [9.17, 15) is 4.79 Å².